The molecule has 9 atom stereocenters. The fraction of sp³-hybridized carbons (Fsp3) is 0.550. The van der Waals surface area contributed by atoms with Crippen LogP contribution in [0, 0.1) is 5.92 Å². The number of hydrogen-bond acceptors (Lipinski definition) is 16. The summed E-state index contributed by atoms with van der Waals surface area (Å²) in [6.45, 7) is -1.11. The number of H-pyrrole nitrogens is 1. The molecule has 228 valence electrons. The van der Waals surface area contributed by atoms with Crippen LogP contribution in [0.1, 0.15) is 19.1 Å². The molecular weight excluding hydrogens is 604 g/mol. The van der Waals surface area contributed by atoms with Crippen LogP contribution in [0.4, 0.5) is 17.6 Å². The molecule has 2 unspecified atom stereocenters. The van der Waals surface area contributed by atoms with Gasteiger partial charge in [0.2, 0.25) is 5.95 Å². The van der Waals surface area contributed by atoms with Crippen LogP contribution in [0.15, 0.2) is 23.5 Å². The molecule has 2 aliphatic heterocycles. The number of hydrogen-bond donors (Lipinski definition) is 7. The molecule has 9 N–H and O–H groups in total. The number of imidazole rings is 1. The maximum Gasteiger partial charge on any atom is 0.472 e. The number of anilines is 3. The van der Waals surface area contributed by atoms with Crippen LogP contribution in [0.25, 0.3) is 11.2 Å². The average molecular weight is 631 g/mol. The number of phosphoric ester groups is 2. The van der Waals surface area contributed by atoms with E-state index in [1.807, 2.05) is 0 Å². The van der Waals surface area contributed by atoms with Crippen LogP contribution in [0.3, 0.4) is 0 Å². The molecule has 0 spiro atoms. The van der Waals surface area contributed by atoms with Gasteiger partial charge in [0.05, 0.1) is 25.6 Å². The lowest BCUT2D eigenvalue weighted by Crippen LogP contribution is -2.35. The number of aliphatic hydroxyl groups excluding tert-OH is 1. The summed E-state index contributed by atoms with van der Waals surface area (Å²) in [7, 11) is -9.65. The van der Waals surface area contributed by atoms with E-state index in [-0.39, 0.29) is 41.8 Å². The van der Waals surface area contributed by atoms with Gasteiger partial charge in [-0.3, -0.25) is 32.4 Å². The van der Waals surface area contributed by atoms with Gasteiger partial charge in [0.1, 0.15) is 36.3 Å². The zero-order valence-electron chi connectivity index (χ0n) is 21.5. The molecule has 3 aliphatic rings. The molecule has 3 aromatic heterocycles. The summed E-state index contributed by atoms with van der Waals surface area (Å²) in [6, 6.07) is 1.15. The predicted octanol–water partition coefficient (Wildman–Crippen LogP) is -0.759. The largest absolute Gasteiger partial charge is 0.472 e. The molecular formula is C20H27N9O11P2. The van der Waals surface area contributed by atoms with Crippen LogP contribution < -0.4 is 22.3 Å². The third-order valence-corrected chi connectivity index (χ3v) is 9.08. The Bertz CT molecular complexity index is 1640. The number of nitrogen functional groups attached to an aromatic ring is 2. The molecule has 42 heavy (non-hydrogen) atoms. The van der Waals surface area contributed by atoms with Crippen molar-refractivity contribution in [2.45, 2.75) is 49.5 Å². The Labute approximate surface area is 235 Å². The van der Waals surface area contributed by atoms with Gasteiger partial charge in [-0.1, -0.05) is 0 Å². The molecule has 0 aromatic carbocycles. The van der Waals surface area contributed by atoms with Gasteiger partial charge in [0.15, 0.2) is 17.4 Å². The second kappa shape index (κ2) is 10.9. The van der Waals surface area contributed by atoms with Crippen molar-refractivity contribution in [3.63, 3.8) is 0 Å². The van der Waals surface area contributed by atoms with E-state index in [1.54, 1.807) is 0 Å². The fourth-order valence-corrected chi connectivity index (χ4v) is 7.21. The highest BCUT2D eigenvalue weighted by Crippen LogP contribution is 2.54. The normalized spacial score (nSPS) is 37.5. The van der Waals surface area contributed by atoms with Crippen molar-refractivity contribution in [2.24, 2.45) is 5.92 Å². The molecule has 0 amide bonds. The fourth-order valence-electron chi connectivity index (χ4n) is 5.24. The van der Waals surface area contributed by atoms with Gasteiger partial charge < -0.3 is 36.4 Å². The van der Waals surface area contributed by atoms with E-state index in [0.717, 1.165) is 6.33 Å². The Kier molecular flexibility index (Phi) is 7.55. The van der Waals surface area contributed by atoms with Gasteiger partial charge in [-0.25, -0.2) is 24.1 Å². The molecule has 20 nitrogen and oxygen atoms in total. The van der Waals surface area contributed by atoms with Crippen molar-refractivity contribution in [1.82, 2.24) is 29.5 Å². The van der Waals surface area contributed by atoms with Gasteiger partial charge in [-0.15, -0.1) is 0 Å². The van der Waals surface area contributed by atoms with E-state index >= 15 is 0 Å². The zero-order chi connectivity index (χ0) is 29.8. The number of aromatic amines is 1. The van der Waals surface area contributed by atoms with Gasteiger partial charge >= 0.3 is 15.6 Å². The summed E-state index contributed by atoms with van der Waals surface area (Å²) in [4.78, 5) is 51.6. The first-order valence-corrected chi connectivity index (χ1v) is 15.6. The van der Waals surface area contributed by atoms with Crippen molar-refractivity contribution in [1.29, 1.82) is 0 Å². The summed E-state index contributed by atoms with van der Waals surface area (Å²) >= 11 is 0. The molecule has 2 saturated heterocycles. The number of nitrogens with two attached hydrogens (primary N) is 2. The van der Waals surface area contributed by atoms with E-state index < -0.39 is 71.0 Å². The average Bonchev–Trinajstić information content (AvgIpc) is 3.57. The Morgan fingerprint density at radius 2 is 1.81 bits per heavy atom. The smallest absolute Gasteiger partial charge is 0.387 e. The monoisotopic (exact) mass is 631 g/mol. The number of aromatic nitrogens is 6. The van der Waals surface area contributed by atoms with Crippen molar-refractivity contribution >= 4 is 44.4 Å². The van der Waals surface area contributed by atoms with Crippen molar-refractivity contribution < 1.29 is 46.9 Å². The van der Waals surface area contributed by atoms with Crippen LogP contribution in [0.5, 0.6) is 0 Å². The SMILES string of the molecule is Nc1cc(N[C@@H]2C[C@@H]3COP(=O)(O)O[C@@H]4[C@H](O)[C@@H](COP(=O)(O)O[C@H]3C2)O[C@H]4n2cnc3c(=O)[nH]c(N)nc32)ncn1. The molecule has 1 aliphatic carbocycles. The third-order valence-electron chi connectivity index (χ3n) is 7.08. The molecule has 22 heteroatoms. The van der Waals surface area contributed by atoms with E-state index in [1.165, 1.54) is 17.0 Å². The lowest BCUT2D eigenvalue weighted by Gasteiger charge is -2.25. The highest BCUT2D eigenvalue weighted by molar-refractivity contribution is 7.47. The number of phosphoric acid groups is 2. The van der Waals surface area contributed by atoms with Crippen molar-refractivity contribution in [3.05, 3.63) is 29.1 Å². The lowest BCUT2D eigenvalue weighted by atomic mass is 10.1. The molecule has 1 saturated carbocycles. The van der Waals surface area contributed by atoms with E-state index in [4.69, 9.17) is 34.3 Å². The number of rotatable bonds is 3. The summed E-state index contributed by atoms with van der Waals surface area (Å²) in [5, 5.41) is 14.1. The Balaban J connectivity index is 1.27. The quantitative estimate of drug-likeness (QED) is 0.175. The van der Waals surface area contributed by atoms with Gasteiger partial charge in [0, 0.05) is 18.0 Å². The Morgan fingerprint density at radius 3 is 2.60 bits per heavy atom. The highest BCUT2D eigenvalue weighted by atomic mass is 31.2. The van der Waals surface area contributed by atoms with Crippen LogP contribution in [0.2, 0.25) is 0 Å². The number of fused-ring (bicyclic) bond motifs is 4. The summed E-state index contributed by atoms with van der Waals surface area (Å²) in [6.07, 6.45) is -4.14. The minimum absolute atomic E-state index is 0.0765. The number of nitrogens with zero attached hydrogens (tertiary/aromatic N) is 5. The number of ether oxygens (including phenoxy) is 1. The minimum atomic E-state index is -4.90. The van der Waals surface area contributed by atoms with E-state index in [0.29, 0.717) is 5.82 Å². The molecule has 2 bridgehead atoms. The maximum atomic E-state index is 13.1. The highest BCUT2D eigenvalue weighted by Gasteiger charge is 2.51. The first-order valence-electron chi connectivity index (χ1n) is 12.6. The van der Waals surface area contributed by atoms with E-state index in [2.05, 4.69) is 30.2 Å². The van der Waals surface area contributed by atoms with Crippen LogP contribution >= 0.6 is 15.6 Å². The summed E-state index contributed by atoms with van der Waals surface area (Å²) in [5.74, 6) is -0.280. The number of nitrogens with one attached hydrogen (secondary N) is 2. The molecule has 5 heterocycles. The van der Waals surface area contributed by atoms with E-state index in [9.17, 15) is 28.8 Å². The third kappa shape index (κ3) is 5.91. The maximum absolute atomic E-state index is 13.1. The standard InChI is InChI=1S/C20H27N9O11P2/c21-12-3-13(24-6-23-12)26-9-1-8-4-36-42(34,35)40-16-15(30)11(5-37-41(32,33)39-10(8)2-9)38-19(16)29-7-25-14-17(29)27-20(22)28-18(14)31/h3,6-11,15-16,19,30H,1-2,4-5H2,(H,32,33)(H,34,35)(H3,21,23,24,26)(H3,22,27,28,31)/t8-,9-,10+,11-,15-,16-,19-/m1/s1. The summed E-state index contributed by atoms with van der Waals surface area (Å²) in [5.41, 5.74) is 10.5. The molecule has 3 fully saturated rings. The first kappa shape index (κ1) is 29.1. The first-order chi connectivity index (χ1) is 19.9. The lowest BCUT2D eigenvalue weighted by molar-refractivity contribution is -0.0561. The van der Waals surface area contributed by atoms with Crippen molar-refractivity contribution in [2.75, 3.05) is 30.0 Å². The second-order valence-corrected chi connectivity index (χ2v) is 12.8. The van der Waals surface area contributed by atoms with Crippen LogP contribution in [-0.2, 0) is 32.0 Å². The zero-order valence-corrected chi connectivity index (χ0v) is 23.3. The predicted molar refractivity (Wildman–Crippen MR) is 140 cm³/mol. The summed E-state index contributed by atoms with van der Waals surface area (Å²) < 4.78 is 54.3. The van der Waals surface area contributed by atoms with Gasteiger partial charge in [-0.2, -0.15) is 4.98 Å². The minimum Gasteiger partial charge on any atom is -0.387 e. The molecule has 0 radical (unpaired) electrons. The number of aliphatic hydroxyl groups is 1. The van der Waals surface area contributed by atoms with Crippen LogP contribution in [-0.4, -0.2) is 88.1 Å². The Morgan fingerprint density at radius 1 is 1.05 bits per heavy atom. The topological polar surface area (TPSA) is 294 Å². The molecule has 3 aromatic rings. The van der Waals surface area contributed by atoms with Crippen molar-refractivity contribution in [3.8, 4) is 0 Å². The van der Waals surface area contributed by atoms with Gasteiger partial charge in [0.25, 0.3) is 5.56 Å². The van der Waals surface area contributed by atoms with Gasteiger partial charge in [-0.05, 0) is 12.8 Å². The Hall–Kier alpha value is -3.03. The molecule has 6 rings (SSSR count). The second-order valence-electron chi connectivity index (χ2n) is 9.97.